The van der Waals surface area contributed by atoms with Crippen molar-refractivity contribution in [3.05, 3.63) is 0 Å². The quantitative estimate of drug-likeness (QED) is 0.0278. The number of ether oxygens (including phenoxy) is 4. The molecule has 6 N–H and O–H groups in total. The number of carbonyl (C=O) groups excluding carboxylic acids is 7. The number of aliphatic carboxylic acids is 1. The third kappa shape index (κ3) is 33.6. The van der Waals surface area contributed by atoms with Crippen molar-refractivity contribution in [2.45, 2.75) is 104 Å². The van der Waals surface area contributed by atoms with E-state index in [0.29, 0.717) is 77.7 Å². The van der Waals surface area contributed by atoms with Crippen LogP contribution in [0.3, 0.4) is 0 Å². The molecule has 22 heteroatoms. The summed E-state index contributed by atoms with van der Waals surface area (Å²) in [6.07, 6.45) is 4.38. The molecule has 0 saturated heterocycles. The van der Waals surface area contributed by atoms with E-state index in [1.807, 2.05) is 0 Å². The monoisotopic (exact) mass is 916 g/mol. The number of rotatable bonds is 43. The van der Waals surface area contributed by atoms with Crippen molar-refractivity contribution in [1.82, 2.24) is 26.6 Å². The van der Waals surface area contributed by atoms with Gasteiger partial charge in [-0.25, -0.2) is 0 Å². The van der Waals surface area contributed by atoms with Gasteiger partial charge in [0.15, 0.2) is 30.6 Å². The van der Waals surface area contributed by atoms with Gasteiger partial charge in [0.2, 0.25) is 11.8 Å². The highest BCUT2D eigenvalue weighted by molar-refractivity contribution is 6.38. The van der Waals surface area contributed by atoms with Crippen LogP contribution in [0.5, 0.6) is 0 Å². The van der Waals surface area contributed by atoms with Gasteiger partial charge in [-0.15, -0.1) is 0 Å². The molecule has 2 unspecified atom stereocenters. The lowest BCUT2D eigenvalue weighted by molar-refractivity contribution is -0.144. The van der Waals surface area contributed by atoms with E-state index in [2.05, 4.69) is 36.9 Å². The number of nitrogens with zero attached hydrogens (tertiary/aromatic N) is 2. The molecular formula is C42H73N7O15. The topological polar surface area (TPSA) is 297 Å². The molecule has 0 radical (unpaired) electrons. The molecule has 2 atom stereocenters. The van der Waals surface area contributed by atoms with Crippen LogP contribution >= 0.6 is 0 Å². The molecule has 0 rings (SSSR count). The van der Waals surface area contributed by atoms with Crippen molar-refractivity contribution < 1.29 is 72.1 Å². The number of likely N-dealkylation sites (N-methyl/N-ethyl adjacent to an activating group) is 2. The van der Waals surface area contributed by atoms with Crippen LogP contribution in [-0.4, -0.2) is 169 Å². The molecule has 0 aliphatic heterocycles. The Labute approximate surface area is 376 Å². The highest BCUT2D eigenvalue weighted by Gasteiger charge is 2.25. The standard InChI is InChI=1S/C42H73N7O15/c1-6-34(50)29-63-49-32(3)41(56)47-19-23-62-27-26-61-22-16-39(54)46-18-10-8-13-35(43-4)37(52)28-33(42(57)58)12-7-9-17-45-38(53)15-21-60-25-24-59-20-11-14-36(51)31(2)48-64-30-40(55)44-5/h33,35,43H,6-30H2,1-5H3,(H,44,55)(H,45,53)(H,46,54)(H,47,56)(H,57,58)/b48-31+,49-32+. The number of oxime groups is 2. The predicted molar refractivity (Wildman–Crippen MR) is 235 cm³/mol. The molecule has 0 aromatic heterocycles. The first-order chi connectivity index (χ1) is 30.7. The fourth-order valence-corrected chi connectivity index (χ4v) is 5.30. The van der Waals surface area contributed by atoms with Gasteiger partial charge in [-0.3, -0.25) is 38.4 Å². The summed E-state index contributed by atoms with van der Waals surface area (Å²) in [6, 6.07) is -0.506. The summed E-state index contributed by atoms with van der Waals surface area (Å²) < 4.78 is 21.7. The third-order valence-electron chi connectivity index (χ3n) is 9.22. The van der Waals surface area contributed by atoms with Crippen LogP contribution in [0.1, 0.15) is 97.8 Å². The molecule has 0 aromatic rings. The summed E-state index contributed by atoms with van der Waals surface area (Å²) >= 11 is 0. The zero-order chi connectivity index (χ0) is 47.8. The van der Waals surface area contributed by atoms with Crippen molar-refractivity contribution >= 4 is 58.4 Å². The molecule has 0 aliphatic carbocycles. The lowest BCUT2D eigenvalue weighted by Gasteiger charge is -2.18. The third-order valence-corrected chi connectivity index (χ3v) is 9.22. The molecule has 0 aromatic carbocycles. The zero-order valence-corrected chi connectivity index (χ0v) is 38.4. The minimum atomic E-state index is -1.04. The van der Waals surface area contributed by atoms with E-state index in [-0.39, 0.29) is 132 Å². The van der Waals surface area contributed by atoms with Crippen LogP contribution in [0.25, 0.3) is 0 Å². The Kier molecular flexibility index (Phi) is 36.6. The van der Waals surface area contributed by atoms with Crippen molar-refractivity contribution in [3.63, 3.8) is 0 Å². The highest BCUT2D eigenvalue weighted by Crippen LogP contribution is 2.16. The van der Waals surface area contributed by atoms with Crippen molar-refractivity contribution in [2.75, 3.05) is 99.8 Å². The van der Waals surface area contributed by atoms with E-state index in [4.69, 9.17) is 28.6 Å². The highest BCUT2D eigenvalue weighted by atomic mass is 16.6. The summed E-state index contributed by atoms with van der Waals surface area (Å²) in [4.78, 5) is 105. The van der Waals surface area contributed by atoms with Gasteiger partial charge < -0.3 is 60.3 Å². The van der Waals surface area contributed by atoms with Crippen LogP contribution < -0.4 is 26.6 Å². The van der Waals surface area contributed by atoms with Gasteiger partial charge in [0.25, 0.3) is 11.8 Å². The second-order valence-electron chi connectivity index (χ2n) is 14.4. The zero-order valence-electron chi connectivity index (χ0n) is 38.4. The first-order valence-electron chi connectivity index (χ1n) is 21.9. The maximum absolute atomic E-state index is 12.9. The van der Waals surface area contributed by atoms with Crippen molar-refractivity contribution in [1.29, 1.82) is 0 Å². The summed E-state index contributed by atoms with van der Waals surface area (Å²) in [7, 11) is 3.12. The van der Waals surface area contributed by atoms with Crippen LogP contribution in [-0.2, 0) is 67.0 Å². The van der Waals surface area contributed by atoms with E-state index in [9.17, 15) is 43.5 Å². The Morgan fingerprint density at radius 1 is 0.578 bits per heavy atom. The number of amides is 4. The van der Waals surface area contributed by atoms with Gasteiger partial charge in [-0.05, 0) is 59.4 Å². The SMILES string of the molecule is CCC(=O)CO/N=C(\C)C(=O)NCCOCCOCCC(=O)NCCCCC(NC)C(=O)CC(CCCCNC(=O)CCOCCOCCCC(=O)/C(C)=N/OCC(=O)NC)C(=O)O. The Morgan fingerprint density at radius 3 is 1.69 bits per heavy atom. The van der Waals surface area contributed by atoms with E-state index in [1.54, 1.807) is 14.0 Å². The Bertz CT molecular complexity index is 1460. The van der Waals surface area contributed by atoms with E-state index < -0.39 is 23.8 Å². The Hall–Kier alpha value is -4.90. The Balaban J connectivity index is 3.98. The van der Waals surface area contributed by atoms with Crippen LogP contribution in [0.15, 0.2) is 10.3 Å². The van der Waals surface area contributed by atoms with Crippen molar-refractivity contribution in [3.8, 4) is 0 Å². The second-order valence-corrected chi connectivity index (χ2v) is 14.4. The number of ketones is 3. The van der Waals surface area contributed by atoms with Crippen LogP contribution in [0.2, 0.25) is 0 Å². The molecule has 0 aliphatic rings. The summed E-state index contributed by atoms with van der Waals surface area (Å²) in [5.41, 5.74) is 0.257. The van der Waals surface area contributed by atoms with Gasteiger partial charge >= 0.3 is 5.97 Å². The lowest BCUT2D eigenvalue weighted by atomic mass is 9.92. The fourth-order valence-electron chi connectivity index (χ4n) is 5.30. The normalized spacial score (nSPS) is 12.5. The molecule has 0 heterocycles. The Morgan fingerprint density at radius 2 is 1.12 bits per heavy atom. The van der Waals surface area contributed by atoms with Gasteiger partial charge in [0, 0.05) is 65.4 Å². The maximum Gasteiger partial charge on any atom is 0.306 e. The largest absolute Gasteiger partial charge is 0.481 e. The minimum Gasteiger partial charge on any atom is -0.481 e. The number of hydrogen-bond donors (Lipinski definition) is 6. The average Bonchev–Trinajstić information content (AvgIpc) is 3.27. The number of hydrogen-bond acceptors (Lipinski definition) is 17. The minimum absolute atomic E-state index is 0.0888. The number of carboxylic acid groups (broad SMARTS) is 1. The molecule has 366 valence electrons. The molecule has 0 saturated carbocycles. The summed E-state index contributed by atoms with van der Waals surface area (Å²) in [6.45, 7) is 7.39. The molecule has 0 bridgehead atoms. The van der Waals surface area contributed by atoms with Crippen LogP contribution in [0.4, 0.5) is 0 Å². The van der Waals surface area contributed by atoms with Gasteiger partial charge in [-0.2, -0.15) is 0 Å². The predicted octanol–water partition coefficient (Wildman–Crippen LogP) is 0.630. The lowest BCUT2D eigenvalue weighted by Crippen LogP contribution is -2.36. The number of carbonyl (C=O) groups is 8. The molecule has 0 spiro atoms. The maximum atomic E-state index is 12.9. The first-order valence-corrected chi connectivity index (χ1v) is 21.9. The van der Waals surface area contributed by atoms with E-state index >= 15 is 0 Å². The number of carboxylic acids is 1. The molecular weight excluding hydrogens is 842 g/mol. The van der Waals surface area contributed by atoms with E-state index in [1.165, 1.54) is 20.9 Å². The fraction of sp³-hybridized carbons (Fsp3) is 0.762. The van der Waals surface area contributed by atoms with Gasteiger partial charge in [0.1, 0.15) is 11.4 Å². The second kappa shape index (κ2) is 39.7. The average molecular weight is 916 g/mol. The molecule has 4 amide bonds. The number of Topliss-reactive ketones (excluding diaryl/α,β-unsaturated/α-hetero) is 3. The van der Waals surface area contributed by atoms with Gasteiger partial charge in [-0.1, -0.05) is 23.7 Å². The van der Waals surface area contributed by atoms with Crippen molar-refractivity contribution in [2.24, 2.45) is 16.2 Å². The smallest absolute Gasteiger partial charge is 0.306 e. The summed E-state index contributed by atoms with van der Waals surface area (Å²) in [5, 5.41) is 30.5. The molecule has 64 heavy (non-hydrogen) atoms. The summed E-state index contributed by atoms with van der Waals surface area (Å²) in [5.74, 6) is -3.56. The van der Waals surface area contributed by atoms with Crippen LogP contribution in [0, 0.1) is 5.92 Å². The number of unbranched alkanes of at least 4 members (excludes halogenated alkanes) is 2. The molecule has 22 nitrogen and oxygen atoms in total. The van der Waals surface area contributed by atoms with Gasteiger partial charge in [0.05, 0.1) is 58.2 Å². The number of nitrogens with one attached hydrogen (secondary N) is 5. The first kappa shape index (κ1) is 59.1. The van der Waals surface area contributed by atoms with E-state index in [0.717, 1.165) is 0 Å². The molecule has 0 fully saturated rings.